The van der Waals surface area contributed by atoms with Crippen molar-refractivity contribution in [1.82, 2.24) is 4.68 Å². The van der Waals surface area contributed by atoms with Crippen molar-refractivity contribution < 1.29 is 28.5 Å². The number of fused-ring (bicyclic) bond motifs is 1. The molecule has 27 heavy (non-hydrogen) atoms. The number of aromatic nitrogens is 2. The van der Waals surface area contributed by atoms with Crippen LogP contribution in [0.15, 0.2) is 60.0 Å². The van der Waals surface area contributed by atoms with Crippen molar-refractivity contribution >= 4 is 22.9 Å². The van der Waals surface area contributed by atoms with Gasteiger partial charge in [-0.15, -0.1) is 0 Å². The topological polar surface area (TPSA) is 24.4 Å². The fraction of sp³-hybridized carbons (Fsp3) is 0.364. The Morgan fingerprint density at radius 2 is 1.70 bits per heavy atom. The zero-order valence-corrected chi connectivity index (χ0v) is 18.6. The number of hydrogen-bond donors (Lipinski definition) is 0. The number of unbranched alkanes of at least 4 members (excludes halogenated alkanes) is 1. The lowest BCUT2D eigenvalue weighted by atomic mass is 10.2. The Morgan fingerprint density at radius 3 is 2.37 bits per heavy atom. The SMILES string of the molecule is CCCC[n+]1cn(/N=C/c2ccc(N(CC)CC)cc2)c2ccccc21.[I-]. The summed E-state index contributed by atoms with van der Waals surface area (Å²) in [5, 5.41) is 4.71. The molecule has 2 aromatic carbocycles. The fourth-order valence-corrected chi connectivity index (χ4v) is 3.24. The molecule has 0 amide bonds. The number of hydrogen-bond acceptors (Lipinski definition) is 2. The summed E-state index contributed by atoms with van der Waals surface area (Å²) in [4.78, 5) is 2.34. The van der Waals surface area contributed by atoms with Gasteiger partial charge in [0.05, 0.1) is 12.8 Å². The molecule has 4 nitrogen and oxygen atoms in total. The molecule has 0 bridgehead atoms. The van der Waals surface area contributed by atoms with Crippen molar-refractivity contribution in [3.63, 3.8) is 0 Å². The number of benzene rings is 2. The van der Waals surface area contributed by atoms with E-state index in [1.165, 1.54) is 24.0 Å². The molecule has 0 aliphatic carbocycles. The molecule has 0 saturated heterocycles. The Labute approximate surface area is 179 Å². The number of para-hydroxylation sites is 2. The van der Waals surface area contributed by atoms with Crippen LogP contribution in [0.1, 0.15) is 39.2 Å². The number of halogens is 1. The number of aryl methyl sites for hydroxylation is 1. The summed E-state index contributed by atoms with van der Waals surface area (Å²) in [6.07, 6.45) is 6.40. The number of nitrogens with zero attached hydrogens (tertiary/aromatic N) is 4. The zero-order valence-electron chi connectivity index (χ0n) is 16.5. The Morgan fingerprint density at radius 1 is 1.00 bits per heavy atom. The van der Waals surface area contributed by atoms with E-state index in [1.807, 2.05) is 10.9 Å². The smallest absolute Gasteiger partial charge is 0.270 e. The first-order chi connectivity index (χ1) is 12.8. The van der Waals surface area contributed by atoms with Gasteiger partial charge in [-0.25, -0.2) is 4.57 Å². The summed E-state index contributed by atoms with van der Waals surface area (Å²) in [5.41, 5.74) is 4.74. The zero-order chi connectivity index (χ0) is 18.4. The summed E-state index contributed by atoms with van der Waals surface area (Å²) in [7, 11) is 0. The van der Waals surface area contributed by atoms with Crippen molar-refractivity contribution in [3.05, 3.63) is 60.4 Å². The molecule has 0 N–H and O–H groups in total. The van der Waals surface area contributed by atoms with E-state index < -0.39 is 0 Å². The van der Waals surface area contributed by atoms with E-state index in [9.17, 15) is 0 Å². The Bertz CT molecular complexity index is 864. The van der Waals surface area contributed by atoms with Crippen LogP contribution >= 0.6 is 0 Å². The van der Waals surface area contributed by atoms with E-state index in [0.29, 0.717) is 0 Å². The number of rotatable bonds is 8. The second kappa shape index (κ2) is 10.4. The molecule has 144 valence electrons. The quantitative estimate of drug-likeness (QED) is 0.275. The molecule has 0 aliphatic rings. The van der Waals surface area contributed by atoms with Crippen LogP contribution in [0.3, 0.4) is 0 Å². The third-order valence-electron chi connectivity index (χ3n) is 4.79. The maximum Gasteiger partial charge on any atom is 0.270 e. The first kappa shape index (κ1) is 21.4. The van der Waals surface area contributed by atoms with Gasteiger partial charge in [0, 0.05) is 18.8 Å². The second-order valence-corrected chi connectivity index (χ2v) is 6.50. The van der Waals surface area contributed by atoms with Crippen molar-refractivity contribution in [2.24, 2.45) is 5.10 Å². The van der Waals surface area contributed by atoms with Crippen LogP contribution in [0, 0.1) is 0 Å². The third kappa shape index (κ3) is 5.09. The average molecular weight is 476 g/mol. The highest BCUT2D eigenvalue weighted by molar-refractivity contribution is 5.81. The van der Waals surface area contributed by atoms with E-state index in [2.05, 4.69) is 85.1 Å². The van der Waals surface area contributed by atoms with E-state index in [4.69, 9.17) is 5.10 Å². The lowest BCUT2D eigenvalue weighted by molar-refractivity contribution is -0.672. The van der Waals surface area contributed by atoms with Crippen LogP contribution in [0.4, 0.5) is 5.69 Å². The lowest BCUT2D eigenvalue weighted by Gasteiger charge is -2.20. The van der Waals surface area contributed by atoms with Crippen LogP contribution in [-0.2, 0) is 6.54 Å². The highest BCUT2D eigenvalue weighted by Gasteiger charge is 2.14. The minimum atomic E-state index is 0. The molecule has 0 atom stereocenters. The van der Waals surface area contributed by atoms with E-state index in [1.54, 1.807) is 0 Å². The van der Waals surface area contributed by atoms with Gasteiger partial charge in [-0.3, -0.25) is 0 Å². The standard InChI is InChI=1S/C22H29N4.HI/c1-4-7-16-25-18-26(22-11-9-8-10-21(22)25)23-17-19-12-14-20(15-13-19)24(5-2)6-3;/h8-15,17-18H,4-7,16H2,1-3H3;1H/q+1;/p-1/b23-17+;. The monoisotopic (exact) mass is 476 g/mol. The maximum absolute atomic E-state index is 4.71. The molecule has 0 radical (unpaired) electrons. The average Bonchev–Trinajstić information content (AvgIpc) is 3.04. The largest absolute Gasteiger partial charge is 1.00 e. The van der Waals surface area contributed by atoms with Gasteiger partial charge in [0.25, 0.3) is 6.33 Å². The molecular formula is C22H29IN4. The highest BCUT2D eigenvalue weighted by atomic mass is 127. The van der Waals surface area contributed by atoms with Gasteiger partial charge < -0.3 is 28.9 Å². The number of imidazole rings is 1. The van der Waals surface area contributed by atoms with Crippen molar-refractivity contribution in [3.8, 4) is 0 Å². The van der Waals surface area contributed by atoms with Gasteiger partial charge in [0.1, 0.15) is 0 Å². The summed E-state index contributed by atoms with van der Waals surface area (Å²) in [6, 6.07) is 17.0. The minimum absolute atomic E-state index is 0. The Balaban J connectivity index is 0.00000261. The summed E-state index contributed by atoms with van der Waals surface area (Å²) >= 11 is 0. The molecule has 0 aliphatic heterocycles. The highest BCUT2D eigenvalue weighted by Crippen LogP contribution is 2.15. The normalized spacial score (nSPS) is 11.1. The minimum Gasteiger partial charge on any atom is -1.00 e. The predicted octanol–water partition coefficient (Wildman–Crippen LogP) is 1.46. The summed E-state index contributed by atoms with van der Waals surface area (Å²) in [5.74, 6) is 0. The molecule has 0 unspecified atom stereocenters. The van der Waals surface area contributed by atoms with Gasteiger partial charge in [-0.05, 0) is 50.1 Å². The van der Waals surface area contributed by atoms with Crippen LogP contribution < -0.4 is 33.4 Å². The van der Waals surface area contributed by atoms with E-state index in [0.717, 1.165) is 30.7 Å². The second-order valence-electron chi connectivity index (χ2n) is 6.50. The van der Waals surface area contributed by atoms with Crippen molar-refractivity contribution in [2.45, 2.75) is 40.2 Å². The first-order valence-electron chi connectivity index (χ1n) is 9.65. The van der Waals surface area contributed by atoms with Gasteiger partial charge in [0.15, 0.2) is 5.52 Å². The fourth-order valence-electron chi connectivity index (χ4n) is 3.24. The van der Waals surface area contributed by atoms with Crippen molar-refractivity contribution in [2.75, 3.05) is 18.0 Å². The molecular weight excluding hydrogens is 447 g/mol. The van der Waals surface area contributed by atoms with Crippen LogP contribution in [-0.4, -0.2) is 24.0 Å². The first-order valence-corrected chi connectivity index (χ1v) is 9.65. The van der Waals surface area contributed by atoms with E-state index in [-0.39, 0.29) is 24.0 Å². The third-order valence-corrected chi connectivity index (χ3v) is 4.79. The van der Waals surface area contributed by atoms with Gasteiger partial charge in [0.2, 0.25) is 5.52 Å². The Kier molecular flexibility index (Phi) is 8.28. The molecule has 3 rings (SSSR count). The summed E-state index contributed by atoms with van der Waals surface area (Å²) < 4.78 is 4.27. The Hall–Kier alpha value is -1.89. The maximum atomic E-state index is 4.71. The molecule has 0 fully saturated rings. The number of anilines is 1. The molecule has 1 aromatic heterocycles. The molecule has 1 heterocycles. The van der Waals surface area contributed by atoms with Crippen LogP contribution in [0.25, 0.3) is 11.0 Å². The van der Waals surface area contributed by atoms with Crippen LogP contribution in [0.2, 0.25) is 0 Å². The van der Waals surface area contributed by atoms with Crippen LogP contribution in [0.5, 0.6) is 0 Å². The molecule has 3 aromatic rings. The predicted molar refractivity (Wildman–Crippen MR) is 110 cm³/mol. The molecule has 0 saturated carbocycles. The van der Waals surface area contributed by atoms with E-state index >= 15 is 0 Å². The van der Waals surface area contributed by atoms with Crippen molar-refractivity contribution in [1.29, 1.82) is 0 Å². The molecule has 5 heteroatoms. The van der Waals surface area contributed by atoms with Gasteiger partial charge in [-0.2, -0.15) is 0 Å². The van der Waals surface area contributed by atoms with Gasteiger partial charge >= 0.3 is 0 Å². The summed E-state index contributed by atoms with van der Waals surface area (Å²) in [6.45, 7) is 9.67. The lowest BCUT2D eigenvalue weighted by Crippen LogP contribution is -3.00. The van der Waals surface area contributed by atoms with Gasteiger partial charge in [-0.1, -0.05) is 47.4 Å². The molecule has 0 spiro atoms.